The number of nitrogens with zero attached hydrogens (tertiary/aromatic N) is 1. The molecular formula is C19H21ClN2O2. The van der Waals surface area contributed by atoms with Gasteiger partial charge in [0.1, 0.15) is 0 Å². The van der Waals surface area contributed by atoms with Crippen molar-refractivity contribution < 1.29 is 9.59 Å². The molecule has 0 aliphatic rings. The molecule has 0 fully saturated rings. The summed E-state index contributed by atoms with van der Waals surface area (Å²) < 4.78 is 0. The van der Waals surface area contributed by atoms with Crippen molar-refractivity contribution in [2.45, 2.75) is 26.9 Å². The third kappa shape index (κ3) is 5.39. The zero-order chi connectivity index (χ0) is 17.5. The predicted octanol–water partition coefficient (Wildman–Crippen LogP) is 3.31. The monoisotopic (exact) mass is 344 g/mol. The van der Waals surface area contributed by atoms with Crippen LogP contribution in [0.2, 0.25) is 5.02 Å². The maximum absolute atomic E-state index is 12.1. The van der Waals surface area contributed by atoms with E-state index in [1.807, 2.05) is 49.4 Å². The van der Waals surface area contributed by atoms with Crippen molar-refractivity contribution in [3.8, 4) is 0 Å². The first kappa shape index (κ1) is 18.0. The predicted molar refractivity (Wildman–Crippen MR) is 95.6 cm³/mol. The van der Waals surface area contributed by atoms with E-state index in [0.717, 1.165) is 16.7 Å². The second-order valence-corrected chi connectivity index (χ2v) is 6.14. The van der Waals surface area contributed by atoms with Crippen LogP contribution in [0.4, 0.5) is 0 Å². The second-order valence-electron chi connectivity index (χ2n) is 5.73. The van der Waals surface area contributed by atoms with Gasteiger partial charge in [-0.1, -0.05) is 59.6 Å². The maximum atomic E-state index is 12.1. The molecule has 2 rings (SSSR count). The highest BCUT2D eigenvalue weighted by atomic mass is 35.5. The third-order valence-electron chi connectivity index (χ3n) is 3.71. The van der Waals surface area contributed by atoms with Gasteiger partial charge in [0.2, 0.25) is 11.8 Å². The van der Waals surface area contributed by atoms with Crippen LogP contribution in [0.1, 0.15) is 23.6 Å². The Kier molecular flexibility index (Phi) is 6.38. The lowest BCUT2D eigenvalue weighted by molar-refractivity contribution is -0.135. The quantitative estimate of drug-likeness (QED) is 0.874. The fraction of sp³-hybridized carbons (Fsp3) is 0.263. The highest BCUT2D eigenvalue weighted by molar-refractivity contribution is 6.31. The molecule has 0 heterocycles. The Morgan fingerprint density at radius 2 is 1.75 bits per heavy atom. The van der Waals surface area contributed by atoms with E-state index in [0.29, 0.717) is 18.1 Å². The molecule has 1 N–H and O–H groups in total. The number of carbonyl (C=O) groups excluding carboxylic acids is 2. The zero-order valence-corrected chi connectivity index (χ0v) is 14.6. The van der Waals surface area contributed by atoms with Crippen molar-refractivity contribution in [2.75, 3.05) is 6.54 Å². The largest absolute Gasteiger partial charge is 0.350 e. The smallest absolute Gasteiger partial charge is 0.239 e. The summed E-state index contributed by atoms with van der Waals surface area (Å²) in [6, 6.07) is 15.3. The second kappa shape index (κ2) is 8.50. The van der Waals surface area contributed by atoms with E-state index >= 15 is 0 Å². The van der Waals surface area contributed by atoms with E-state index in [4.69, 9.17) is 11.6 Å². The van der Waals surface area contributed by atoms with Gasteiger partial charge in [0.05, 0.1) is 6.54 Å². The third-order valence-corrected chi connectivity index (χ3v) is 4.08. The molecule has 0 aliphatic carbocycles. The van der Waals surface area contributed by atoms with Crippen LogP contribution >= 0.6 is 11.6 Å². The fourth-order valence-electron chi connectivity index (χ4n) is 2.26. The molecule has 2 amide bonds. The van der Waals surface area contributed by atoms with Crippen molar-refractivity contribution in [3.63, 3.8) is 0 Å². The molecule has 24 heavy (non-hydrogen) atoms. The molecule has 0 saturated heterocycles. The number of halogens is 1. The molecule has 0 aromatic heterocycles. The molecular weight excluding hydrogens is 324 g/mol. The van der Waals surface area contributed by atoms with Crippen LogP contribution in [0.5, 0.6) is 0 Å². The molecule has 126 valence electrons. The van der Waals surface area contributed by atoms with E-state index in [9.17, 15) is 9.59 Å². The lowest BCUT2D eigenvalue weighted by atomic mass is 10.1. The summed E-state index contributed by atoms with van der Waals surface area (Å²) in [6.45, 7) is 4.25. The number of hydrogen-bond acceptors (Lipinski definition) is 2. The molecule has 2 aromatic carbocycles. The molecule has 0 unspecified atom stereocenters. The van der Waals surface area contributed by atoms with Crippen molar-refractivity contribution >= 4 is 23.4 Å². The summed E-state index contributed by atoms with van der Waals surface area (Å²) in [5, 5.41) is 3.41. The minimum atomic E-state index is -0.211. The Morgan fingerprint density at radius 1 is 1.08 bits per heavy atom. The van der Waals surface area contributed by atoms with Gasteiger partial charge in [-0.15, -0.1) is 0 Å². The van der Waals surface area contributed by atoms with Gasteiger partial charge in [-0.25, -0.2) is 0 Å². The summed E-state index contributed by atoms with van der Waals surface area (Å²) in [6.07, 6.45) is 0. The van der Waals surface area contributed by atoms with E-state index in [1.54, 1.807) is 6.07 Å². The minimum absolute atomic E-state index is 0.0215. The van der Waals surface area contributed by atoms with Crippen LogP contribution in [0.25, 0.3) is 0 Å². The molecule has 4 nitrogen and oxygen atoms in total. The Morgan fingerprint density at radius 3 is 2.38 bits per heavy atom. The Labute approximate surface area is 147 Å². The summed E-state index contributed by atoms with van der Waals surface area (Å²) in [7, 11) is 0. The van der Waals surface area contributed by atoms with Gasteiger partial charge in [0.25, 0.3) is 0 Å². The summed E-state index contributed by atoms with van der Waals surface area (Å²) in [5.41, 5.74) is 3.00. The normalized spacial score (nSPS) is 10.3. The molecule has 2 aromatic rings. The number of aryl methyl sites for hydroxylation is 1. The first-order valence-corrected chi connectivity index (χ1v) is 8.14. The molecule has 5 heteroatoms. The average molecular weight is 345 g/mol. The Balaban J connectivity index is 1.92. The Bertz CT molecular complexity index is 714. The topological polar surface area (TPSA) is 49.4 Å². The van der Waals surface area contributed by atoms with Gasteiger partial charge in [-0.3, -0.25) is 9.59 Å². The number of rotatable bonds is 6. The molecule has 0 spiro atoms. The highest BCUT2D eigenvalue weighted by Crippen LogP contribution is 2.14. The van der Waals surface area contributed by atoms with Gasteiger partial charge in [0, 0.05) is 25.0 Å². The van der Waals surface area contributed by atoms with Crippen LogP contribution < -0.4 is 5.32 Å². The van der Waals surface area contributed by atoms with Crippen LogP contribution in [-0.4, -0.2) is 23.3 Å². The number of amides is 2. The molecule has 0 saturated carbocycles. The summed E-state index contributed by atoms with van der Waals surface area (Å²) in [5.74, 6) is -0.347. The lowest BCUT2D eigenvalue weighted by Crippen LogP contribution is -2.39. The van der Waals surface area contributed by atoms with Crippen molar-refractivity contribution in [3.05, 3.63) is 70.2 Å². The van der Waals surface area contributed by atoms with Crippen LogP contribution in [0.15, 0.2) is 48.5 Å². The van der Waals surface area contributed by atoms with Crippen molar-refractivity contribution in [2.24, 2.45) is 0 Å². The first-order chi connectivity index (χ1) is 11.5. The van der Waals surface area contributed by atoms with Crippen molar-refractivity contribution in [1.82, 2.24) is 10.2 Å². The van der Waals surface area contributed by atoms with Gasteiger partial charge in [0.15, 0.2) is 0 Å². The number of hydrogen-bond donors (Lipinski definition) is 1. The number of benzene rings is 2. The average Bonchev–Trinajstić information content (AvgIpc) is 2.55. The first-order valence-electron chi connectivity index (χ1n) is 7.77. The van der Waals surface area contributed by atoms with E-state index in [2.05, 4.69) is 5.32 Å². The fourth-order valence-corrected chi connectivity index (χ4v) is 2.46. The lowest BCUT2D eigenvalue weighted by Gasteiger charge is -2.21. The SMILES string of the molecule is CC(=O)N(CC(=O)NCc1ccccc1Cl)Cc1ccc(C)cc1. The minimum Gasteiger partial charge on any atom is -0.350 e. The Hall–Kier alpha value is -2.33. The van der Waals surface area contributed by atoms with Crippen LogP contribution in [0, 0.1) is 6.92 Å². The molecule has 0 bridgehead atoms. The van der Waals surface area contributed by atoms with Gasteiger partial charge in [-0.2, -0.15) is 0 Å². The standard InChI is InChI=1S/C19H21ClN2O2/c1-14-7-9-16(10-8-14)12-22(15(2)23)13-19(24)21-11-17-5-3-4-6-18(17)20/h3-10H,11-13H2,1-2H3,(H,21,24). The van der Waals surface area contributed by atoms with E-state index in [-0.39, 0.29) is 18.4 Å². The van der Waals surface area contributed by atoms with Crippen LogP contribution in [0.3, 0.4) is 0 Å². The number of nitrogens with one attached hydrogen (secondary N) is 1. The van der Waals surface area contributed by atoms with E-state index < -0.39 is 0 Å². The maximum Gasteiger partial charge on any atom is 0.239 e. The molecule has 0 radical (unpaired) electrons. The van der Waals surface area contributed by atoms with Gasteiger partial charge < -0.3 is 10.2 Å². The summed E-state index contributed by atoms with van der Waals surface area (Å²) in [4.78, 5) is 25.5. The molecule has 0 atom stereocenters. The van der Waals surface area contributed by atoms with Crippen molar-refractivity contribution in [1.29, 1.82) is 0 Å². The van der Waals surface area contributed by atoms with Gasteiger partial charge in [-0.05, 0) is 24.1 Å². The number of carbonyl (C=O) groups is 2. The zero-order valence-electron chi connectivity index (χ0n) is 13.9. The summed E-state index contributed by atoms with van der Waals surface area (Å²) >= 11 is 6.07. The van der Waals surface area contributed by atoms with E-state index in [1.165, 1.54) is 11.8 Å². The highest BCUT2D eigenvalue weighted by Gasteiger charge is 2.14. The molecule has 0 aliphatic heterocycles. The van der Waals surface area contributed by atoms with Crippen LogP contribution in [-0.2, 0) is 22.7 Å². The van der Waals surface area contributed by atoms with Gasteiger partial charge >= 0.3 is 0 Å².